The van der Waals surface area contributed by atoms with Crippen LogP contribution in [0.5, 0.6) is 0 Å². The van der Waals surface area contributed by atoms with Crippen molar-refractivity contribution < 1.29 is 9.21 Å². The van der Waals surface area contributed by atoms with E-state index in [4.69, 9.17) is 4.42 Å². The second-order valence-electron chi connectivity index (χ2n) is 6.77. The summed E-state index contributed by atoms with van der Waals surface area (Å²) in [4.78, 5) is 17.5. The zero-order valence-electron chi connectivity index (χ0n) is 14.9. The number of carbonyl (C=O) groups is 1. The number of benzene rings is 1. The van der Waals surface area contributed by atoms with Crippen molar-refractivity contribution in [1.29, 1.82) is 0 Å². The van der Waals surface area contributed by atoms with Gasteiger partial charge in [0.25, 0.3) is 0 Å². The van der Waals surface area contributed by atoms with Crippen LogP contribution in [0.4, 0.5) is 0 Å². The molecule has 4 rings (SSSR count). The Morgan fingerprint density at radius 1 is 1.35 bits per heavy atom. The van der Waals surface area contributed by atoms with Gasteiger partial charge >= 0.3 is 0 Å². The average molecular weight is 353 g/mol. The van der Waals surface area contributed by atoms with Gasteiger partial charge in [-0.3, -0.25) is 9.48 Å². The van der Waals surface area contributed by atoms with Gasteiger partial charge in [-0.25, -0.2) is 4.98 Å². The Hall–Kier alpha value is -2.67. The van der Waals surface area contributed by atoms with Gasteiger partial charge in [0.15, 0.2) is 11.5 Å². The Kier molecular flexibility index (Phi) is 4.46. The Morgan fingerprint density at radius 2 is 2.19 bits per heavy atom. The third-order valence-corrected chi connectivity index (χ3v) is 5.09. The van der Waals surface area contributed by atoms with Gasteiger partial charge in [0.05, 0.1) is 0 Å². The molecule has 1 amide bonds. The van der Waals surface area contributed by atoms with Crippen LogP contribution in [-0.2, 0) is 16.8 Å². The normalized spacial score (nSPS) is 16.7. The van der Waals surface area contributed by atoms with Crippen LogP contribution in [0.1, 0.15) is 24.3 Å². The fourth-order valence-corrected chi connectivity index (χ4v) is 3.61. The largest absolute Gasteiger partial charge is 0.441 e. The van der Waals surface area contributed by atoms with Gasteiger partial charge in [-0.05, 0) is 50.6 Å². The van der Waals surface area contributed by atoms with Crippen LogP contribution in [-0.4, -0.2) is 40.3 Å². The molecule has 136 valence electrons. The Bertz CT molecular complexity index is 894. The van der Waals surface area contributed by atoms with E-state index in [0.29, 0.717) is 18.9 Å². The van der Waals surface area contributed by atoms with Crippen molar-refractivity contribution in [2.45, 2.75) is 31.7 Å². The minimum Gasteiger partial charge on any atom is -0.441 e. The van der Waals surface area contributed by atoms with E-state index in [-0.39, 0.29) is 5.91 Å². The number of aryl methyl sites for hydroxylation is 1. The first kappa shape index (κ1) is 16.8. The number of piperidine rings is 1. The molecule has 2 aromatic heterocycles. The molecule has 7 heteroatoms. The summed E-state index contributed by atoms with van der Waals surface area (Å²) in [6.45, 7) is 4.11. The lowest BCUT2D eigenvalue weighted by molar-refractivity contribution is -0.132. The molecule has 0 spiro atoms. The number of nitrogens with zero attached hydrogens (tertiary/aromatic N) is 3. The highest BCUT2D eigenvalue weighted by Gasteiger charge is 2.41. The molecule has 0 bridgehead atoms. The summed E-state index contributed by atoms with van der Waals surface area (Å²) in [6.07, 6.45) is 5.60. The lowest BCUT2D eigenvalue weighted by Gasteiger charge is -2.36. The molecule has 3 heterocycles. The molecule has 0 radical (unpaired) electrons. The van der Waals surface area contributed by atoms with Gasteiger partial charge in [-0.1, -0.05) is 12.1 Å². The summed E-state index contributed by atoms with van der Waals surface area (Å²) in [6, 6.07) is 7.75. The molecule has 1 aromatic carbocycles. The minimum atomic E-state index is -0.618. The van der Waals surface area contributed by atoms with E-state index in [1.54, 1.807) is 10.9 Å². The van der Waals surface area contributed by atoms with Crippen molar-refractivity contribution in [3.63, 3.8) is 0 Å². The van der Waals surface area contributed by atoms with E-state index in [0.717, 1.165) is 42.6 Å². The highest BCUT2D eigenvalue weighted by atomic mass is 16.3. The van der Waals surface area contributed by atoms with E-state index in [1.807, 2.05) is 37.4 Å². The minimum absolute atomic E-state index is 0.00925. The second-order valence-corrected chi connectivity index (χ2v) is 6.77. The number of carbonyl (C=O) groups excluding carboxylic acids is 1. The first-order valence-electron chi connectivity index (χ1n) is 9.03. The molecule has 26 heavy (non-hydrogen) atoms. The Balaban J connectivity index is 1.44. The maximum absolute atomic E-state index is 13.0. The van der Waals surface area contributed by atoms with Crippen molar-refractivity contribution in [2.75, 3.05) is 19.6 Å². The Labute approximate surface area is 151 Å². The number of oxazole rings is 1. The lowest BCUT2D eigenvalue weighted by atomic mass is 9.87. The SMILES string of the molecule is Cc1cccc2oc(CCNC(=O)C3(n4cccn4)CCNCC3)nc12. The van der Waals surface area contributed by atoms with Crippen molar-refractivity contribution in [1.82, 2.24) is 25.4 Å². The monoisotopic (exact) mass is 353 g/mol. The molecule has 1 saturated heterocycles. The van der Waals surface area contributed by atoms with Gasteiger partial charge in [-0.15, -0.1) is 0 Å². The molecule has 2 N–H and O–H groups in total. The summed E-state index contributed by atoms with van der Waals surface area (Å²) in [7, 11) is 0. The second kappa shape index (κ2) is 6.92. The third kappa shape index (κ3) is 2.99. The van der Waals surface area contributed by atoms with Crippen LogP contribution in [0.3, 0.4) is 0 Å². The fraction of sp³-hybridized carbons (Fsp3) is 0.421. The molecule has 1 aliphatic heterocycles. The summed E-state index contributed by atoms with van der Waals surface area (Å²) >= 11 is 0. The first-order chi connectivity index (χ1) is 12.7. The van der Waals surface area contributed by atoms with Crippen LogP contribution in [0.2, 0.25) is 0 Å². The number of nitrogens with one attached hydrogen (secondary N) is 2. The zero-order chi connectivity index (χ0) is 18.0. The summed E-state index contributed by atoms with van der Waals surface area (Å²) < 4.78 is 7.58. The maximum atomic E-state index is 13.0. The van der Waals surface area contributed by atoms with Crippen molar-refractivity contribution in [3.05, 3.63) is 48.1 Å². The Morgan fingerprint density at radius 3 is 2.92 bits per heavy atom. The molecule has 0 unspecified atom stereocenters. The average Bonchev–Trinajstić information content (AvgIpc) is 3.33. The predicted molar refractivity (Wildman–Crippen MR) is 97.8 cm³/mol. The number of para-hydroxylation sites is 1. The van der Waals surface area contributed by atoms with Crippen LogP contribution < -0.4 is 10.6 Å². The predicted octanol–water partition coefficient (Wildman–Crippen LogP) is 1.77. The quantitative estimate of drug-likeness (QED) is 0.730. The van der Waals surface area contributed by atoms with Gasteiger partial charge in [0, 0.05) is 25.4 Å². The van der Waals surface area contributed by atoms with Crippen LogP contribution >= 0.6 is 0 Å². The van der Waals surface area contributed by atoms with Gasteiger partial charge < -0.3 is 15.1 Å². The molecule has 0 atom stereocenters. The summed E-state index contributed by atoms with van der Waals surface area (Å²) in [5.74, 6) is 0.656. The highest BCUT2D eigenvalue weighted by Crippen LogP contribution is 2.27. The van der Waals surface area contributed by atoms with Crippen LogP contribution in [0, 0.1) is 6.92 Å². The lowest BCUT2D eigenvalue weighted by Crippen LogP contribution is -2.54. The number of rotatable bonds is 5. The maximum Gasteiger partial charge on any atom is 0.248 e. The van der Waals surface area contributed by atoms with E-state index < -0.39 is 5.54 Å². The zero-order valence-corrected chi connectivity index (χ0v) is 14.9. The number of fused-ring (bicyclic) bond motifs is 1. The van der Waals surface area contributed by atoms with E-state index in [1.165, 1.54) is 0 Å². The number of amides is 1. The van der Waals surface area contributed by atoms with Crippen LogP contribution in [0.15, 0.2) is 41.1 Å². The smallest absolute Gasteiger partial charge is 0.248 e. The van der Waals surface area contributed by atoms with Gasteiger partial charge in [0.2, 0.25) is 5.91 Å². The summed E-state index contributed by atoms with van der Waals surface area (Å²) in [5.41, 5.74) is 2.15. The number of aromatic nitrogens is 3. The van der Waals surface area contributed by atoms with Crippen molar-refractivity contribution >= 4 is 17.0 Å². The molecular formula is C19H23N5O2. The van der Waals surface area contributed by atoms with Crippen molar-refractivity contribution in [3.8, 4) is 0 Å². The number of hydrogen-bond donors (Lipinski definition) is 2. The fourth-order valence-electron chi connectivity index (χ4n) is 3.61. The molecule has 3 aromatic rings. The molecule has 1 fully saturated rings. The van der Waals surface area contributed by atoms with Crippen molar-refractivity contribution in [2.24, 2.45) is 0 Å². The van der Waals surface area contributed by atoms with E-state index >= 15 is 0 Å². The number of hydrogen-bond acceptors (Lipinski definition) is 5. The van der Waals surface area contributed by atoms with Gasteiger partial charge in [0.1, 0.15) is 11.1 Å². The first-order valence-corrected chi connectivity index (χ1v) is 9.03. The summed E-state index contributed by atoms with van der Waals surface area (Å²) in [5, 5.41) is 10.7. The topological polar surface area (TPSA) is 85.0 Å². The van der Waals surface area contributed by atoms with E-state index in [9.17, 15) is 4.79 Å². The standard InChI is InChI=1S/C19H23N5O2/c1-14-4-2-5-15-17(14)23-16(26-15)6-10-21-18(25)19(7-11-20-12-8-19)24-13-3-9-22-24/h2-5,9,13,20H,6-8,10-12H2,1H3,(H,21,25). The molecular weight excluding hydrogens is 330 g/mol. The third-order valence-electron chi connectivity index (χ3n) is 5.09. The van der Waals surface area contributed by atoms with E-state index in [2.05, 4.69) is 20.7 Å². The molecule has 1 aliphatic rings. The molecule has 7 nitrogen and oxygen atoms in total. The van der Waals surface area contributed by atoms with Gasteiger partial charge in [-0.2, -0.15) is 5.10 Å². The highest BCUT2D eigenvalue weighted by molar-refractivity contribution is 5.84. The molecule has 0 saturated carbocycles. The molecule has 0 aliphatic carbocycles. The van der Waals surface area contributed by atoms with Crippen LogP contribution in [0.25, 0.3) is 11.1 Å².